The first-order valence-corrected chi connectivity index (χ1v) is 8.25. The molecule has 0 aliphatic carbocycles. The molecule has 2 rings (SSSR count). The highest BCUT2D eigenvalue weighted by molar-refractivity contribution is 6.42. The van der Waals surface area contributed by atoms with E-state index in [-0.39, 0.29) is 15.7 Å². The van der Waals surface area contributed by atoms with Gasteiger partial charge in [-0.15, -0.1) is 0 Å². The van der Waals surface area contributed by atoms with Gasteiger partial charge >= 0.3 is 5.97 Å². The van der Waals surface area contributed by atoms with Crippen LogP contribution in [0.3, 0.4) is 0 Å². The first-order valence-electron chi connectivity index (χ1n) is 7.12. The molecule has 132 valence electrons. The summed E-state index contributed by atoms with van der Waals surface area (Å²) in [5, 5.41) is 3.41. The standard InChI is InChI=1S/C17H14Cl3NO4/c1-9(25-12-5-3-10(4-6-12)17(23)24-2)16(22)21-15-13(19)7-11(18)8-14(15)20/h3-9H,1-2H3,(H,21,22)/t9-/m1/s1. The number of amides is 1. The zero-order valence-electron chi connectivity index (χ0n) is 13.3. The molecule has 0 saturated heterocycles. The summed E-state index contributed by atoms with van der Waals surface area (Å²) in [7, 11) is 1.30. The Balaban J connectivity index is 2.04. The van der Waals surface area contributed by atoms with Crippen LogP contribution in [0.4, 0.5) is 5.69 Å². The number of carbonyl (C=O) groups excluding carboxylic acids is 2. The third-order valence-corrected chi connectivity index (χ3v) is 4.03. The summed E-state index contributed by atoms with van der Waals surface area (Å²) >= 11 is 17.9. The van der Waals surface area contributed by atoms with E-state index in [1.165, 1.54) is 19.2 Å². The topological polar surface area (TPSA) is 64.6 Å². The molecule has 25 heavy (non-hydrogen) atoms. The van der Waals surface area contributed by atoms with E-state index in [9.17, 15) is 9.59 Å². The number of rotatable bonds is 5. The van der Waals surface area contributed by atoms with Crippen molar-refractivity contribution in [2.24, 2.45) is 0 Å². The summed E-state index contributed by atoms with van der Waals surface area (Å²) in [6.07, 6.45) is -0.827. The molecular formula is C17H14Cl3NO4. The van der Waals surface area contributed by atoms with Gasteiger partial charge in [0.1, 0.15) is 5.75 Å². The molecule has 1 N–H and O–H groups in total. The molecule has 0 radical (unpaired) electrons. The van der Waals surface area contributed by atoms with Gasteiger partial charge in [0.2, 0.25) is 0 Å². The van der Waals surface area contributed by atoms with Crippen LogP contribution < -0.4 is 10.1 Å². The molecule has 0 saturated carbocycles. The summed E-state index contributed by atoms with van der Waals surface area (Å²) in [5.74, 6) is -0.476. The average Bonchev–Trinajstić information content (AvgIpc) is 2.57. The normalized spacial score (nSPS) is 11.6. The maximum absolute atomic E-state index is 12.3. The quantitative estimate of drug-likeness (QED) is 0.727. The minimum absolute atomic E-state index is 0.223. The molecule has 0 fully saturated rings. The van der Waals surface area contributed by atoms with Crippen LogP contribution in [0.1, 0.15) is 17.3 Å². The Kier molecular flexibility index (Phi) is 6.53. The minimum Gasteiger partial charge on any atom is -0.481 e. The van der Waals surface area contributed by atoms with Gasteiger partial charge in [0.05, 0.1) is 28.4 Å². The lowest BCUT2D eigenvalue weighted by atomic mass is 10.2. The number of hydrogen-bond donors (Lipinski definition) is 1. The Morgan fingerprint density at radius 3 is 2.12 bits per heavy atom. The van der Waals surface area contributed by atoms with E-state index >= 15 is 0 Å². The number of hydrogen-bond acceptors (Lipinski definition) is 4. The van der Waals surface area contributed by atoms with Crippen molar-refractivity contribution in [3.63, 3.8) is 0 Å². The van der Waals surface area contributed by atoms with Crippen LogP contribution >= 0.6 is 34.8 Å². The fraction of sp³-hybridized carbons (Fsp3) is 0.176. The second-order valence-electron chi connectivity index (χ2n) is 5.01. The zero-order chi connectivity index (χ0) is 18.6. The lowest BCUT2D eigenvalue weighted by Crippen LogP contribution is -2.30. The Labute approximate surface area is 159 Å². The van der Waals surface area contributed by atoms with Gasteiger partial charge in [-0.2, -0.15) is 0 Å². The smallest absolute Gasteiger partial charge is 0.337 e. The number of halogens is 3. The molecule has 0 bridgehead atoms. The van der Waals surface area contributed by atoms with E-state index in [0.29, 0.717) is 16.3 Å². The Hall–Kier alpha value is -1.95. The summed E-state index contributed by atoms with van der Waals surface area (Å²) in [6, 6.07) is 9.16. The summed E-state index contributed by atoms with van der Waals surface area (Å²) in [4.78, 5) is 23.7. The van der Waals surface area contributed by atoms with Crippen molar-refractivity contribution in [3.05, 3.63) is 57.0 Å². The number of anilines is 1. The minimum atomic E-state index is -0.827. The van der Waals surface area contributed by atoms with E-state index in [0.717, 1.165) is 0 Å². The van der Waals surface area contributed by atoms with Crippen molar-refractivity contribution in [2.75, 3.05) is 12.4 Å². The Bertz CT molecular complexity index is 770. The molecule has 1 atom stereocenters. The molecular weight excluding hydrogens is 389 g/mol. The molecule has 0 unspecified atom stereocenters. The van der Waals surface area contributed by atoms with Crippen LogP contribution in [0.25, 0.3) is 0 Å². The number of ether oxygens (including phenoxy) is 2. The predicted octanol–water partition coefficient (Wildman–Crippen LogP) is 4.84. The number of nitrogens with one attached hydrogen (secondary N) is 1. The fourth-order valence-corrected chi connectivity index (χ4v) is 2.84. The van der Waals surface area contributed by atoms with Crippen molar-refractivity contribution in [2.45, 2.75) is 13.0 Å². The monoisotopic (exact) mass is 401 g/mol. The van der Waals surface area contributed by atoms with Gasteiger partial charge in [0.25, 0.3) is 5.91 Å². The van der Waals surface area contributed by atoms with Crippen molar-refractivity contribution in [3.8, 4) is 5.75 Å². The van der Waals surface area contributed by atoms with Gasteiger partial charge in [-0.1, -0.05) is 34.8 Å². The van der Waals surface area contributed by atoms with Gasteiger partial charge in [-0.05, 0) is 43.3 Å². The molecule has 0 aliphatic heterocycles. The van der Waals surface area contributed by atoms with Crippen LogP contribution in [0.15, 0.2) is 36.4 Å². The lowest BCUT2D eigenvalue weighted by molar-refractivity contribution is -0.122. The van der Waals surface area contributed by atoms with Crippen LogP contribution in [-0.4, -0.2) is 25.1 Å². The maximum Gasteiger partial charge on any atom is 0.337 e. The molecule has 0 heterocycles. The maximum atomic E-state index is 12.3. The number of benzene rings is 2. The van der Waals surface area contributed by atoms with Crippen LogP contribution in [0.2, 0.25) is 15.1 Å². The highest BCUT2D eigenvalue weighted by Crippen LogP contribution is 2.33. The van der Waals surface area contributed by atoms with E-state index in [2.05, 4.69) is 10.1 Å². The van der Waals surface area contributed by atoms with E-state index in [1.807, 2.05) is 0 Å². The van der Waals surface area contributed by atoms with E-state index in [1.54, 1.807) is 31.2 Å². The third-order valence-electron chi connectivity index (χ3n) is 3.21. The van der Waals surface area contributed by atoms with Gasteiger partial charge in [0.15, 0.2) is 6.10 Å². The molecule has 1 amide bonds. The van der Waals surface area contributed by atoms with Gasteiger partial charge in [0, 0.05) is 5.02 Å². The average molecular weight is 403 g/mol. The molecule has 5 nitrogen and oxygen atoms in total. The number of methoxy groups -OCH3 is 1. The first-order chi connectivity index (χ1) is 11.8. The predicted molar refractivity (Wildman–Crippen MR) is 98.0 cm³/mol. The van der Waals surface area contributed by atoms with Crippen LogP contribution in [0, 0.1) is 0 Å². The zero-order valence-corrected chi connectivity index (χ0v) is 15.6. The largest absolute Gasteiger partial charge is 0.481 e. The first kappa shape index (κ1) is 19.4. The molecule has 0 aromatic heterocycles. The van der Waals surface area contributed by atoms with E-state index in [4.69, 9.17) is 39.5 Å². The molecule has 2 aromatic carbocycles. The highest BCUT2D eigenvalue weighted by Gasteiger charge is 2.18. The number of esters is 1. The summed E-state index contributed by atoms with van der Waals surface area (Å²) in [5.41, 5.74) is 0.640. The lowest BCUT2D eigenvalue weighted by Gasteiger charge is -2.16. The summed E-state index contributed by atoms with van der Waals surface area (Å²) < 4.78 is 10.2. The number of carbonyl (C=O) groups is 2. The van der Waals surface area contributed by atoms with Crippen LogP contribution in [0.5, 0.6) is 5.75 Å². The van der Waals surface area contributed by atoms with Crippen molar-refractivity contribution >= 4 is 52.4 Å². The second kappa shape index (κ2) is 8.43. The van der Waals surface area contributed by atoms with Gasteiger partial charge in [-0.3, -0.25) is 4.79 Å². The van der Waals surface area contributed by atoms with E-state index < -0.39 is 18.0 Å². The van der Waals surface area contributed by atoms with Crippen molar-refractivity contribution in [1.82, 2.24) is 0 Å². The molecule has 0 aliphatic rings. The molecule has 0 spiro atoms. The van der Waals surface area contributed by atoms with Gasteiger partial charge in [-0.25, -0.2) is 4.79 Å². The Morgan fingerprint density at radius 2 is 1.60 bits per heavy atom. The Morgan fingerprint density at radius 1 is 1.04 bits per heavy atom. The second-order valence-corrected chi connectivity index (χ2v) is 6.26. The van der Waals surface area contributed by atoms with Gasteiger partial charge < -0.3 is 14.8 Å². The van der Waals surface area contributed by atoms with Crippen molar-refractivity contribution in [1.29, 1.82) is 0 Å². The third kappa shape index (κ3) is 5.01. The molecule has 2 aromatic rings. The van der Waals surface area contributed by atoms with Crippen molar-refractivity contribution < 1.29 is 19.1 Å². The summed E-state index contributed by atoms with van der Waals surface area (Å²) in [6.45, 7) is 1.57. The highest BCUT2D eigenvalue weighted by atomic mass is 35.5. The fourth-order valence-electron chi connectivity index (χ4n) is 1.93. The molecule has 8 heteroatoms. The van der Waals surface area contributed by atoms with Crippen LogP contribution in [-0.2, 0) is 9.53 Å². The SMILES string of the molecule is COC(=O)c1ccc(O[C@H](C)C(=O)Nc2c(Cl)cc(Cl)cc2Cl)cc1.